The van der Waals surface area contributed by atoms with Gasteiger partial charge in [0.2, 0.25) is 0 Å². The quantitative estimate of drug-likeness (QED) is 0.615. The third kappa shape index (κ3) is 2.34. The minimum atomic E-state index is -0.536. The van der Waals surface area contributed by atoms with Gasteiger partial charge in [-0.1, -0.05) is 52.3 Å². The van der Waals surface area contributed by atoms with E-state index in [1.807, 2.05) is 36.4 Å². The van der Waals surface area contributed by atoms with Gasteiger partial charge in [0.15, 0.2) is 11.6 Å². The van der Waals surface area contributed by atoms with Crippen LogP contribution in [0.25, 0.3) is 0 Å². The Morgan fingerprint density at radius 3 is 2.50 bits per heavy atom. The Kier molecular flexibility index (Phi) is 3.53. The first-order chi connectivity index (χ1) is 9.66. The van der Waals surface area contributed by atoms with Crippen molar-refractivity contribution in [2.45, 2.75) is 12.8 Å². The molecule has 0 bridgehead atoms. The van der Waals surface area contributed by atoms with Gasteiger partial charge in [0.1, 0.15) is 0 Å². The number of hydrogen-bond donors (Lipinski definition) is 0. The number of rotatable bonds is 2. The Labute approximate surface area is 125 Å². The van der Waals surface area contributed by atoms with E-state index >= 15 is 0 Å². The first kappa shape index (κ1) is 13.3. The number of aryl methyl sites for hydroxylation is 1. The maximum absolute atomic E-state index is 12.5. The number of carbonyl (C=O) groups is 2. The molecule has 2 nitrogen and oxygen atoms in total. The lowest BCUT2D eigenvalue weighted by atomic mass is 9.79. The van der Waals surface area contributed by atoms with E-state index in [9.17, 15) is 9.59 Å². The molecule has 0 saturated heterocycles. The summed E-state index contributed by atoms with van der Waals surface area (Å²) in [5.41, 5.74) is 2.36. The van der Waals surface area contributed by atoms with Gasteiger partial charge >= 0.3 is 0 Å². The molecule has 1 aliphatic carbocycles. The van der Waals surface area contributed by atoms with Crippen LogP contribution in [0.15, 0.2) is 53.0 Å². The average Bonchev–Trinajstić information content (AvgIpc) is 2.48. The van der Waals surface area contributed by atoms with Crippen molar-refractivity contribution in [2.75, 3.05) is 0 Å². The molecule has 2 aromatic rings. The molecule has 0 spiro atoms. The summed E-state index contributed by atoms with van der Waals surface area (Å²) in [4.78, 5) is 25.0. The highest BCUT2D eigenvalue weighted by atomic mass is 79.9. The van der Waals surface area contributed by atoms with E-state index in [-0.39, 0.29) is 11.6 Å². The van der Waals surface area contributed by atoms with Crippen molar-refractivity contribution in [3.63, 3.8) is 0 Å². The molecule has 1 atom stereocenters. The lowest BCUT2D eigenvalue weighted by molar-refractivity contribution is 0.0790. The van der Waals surface area contributed by atoms with Crippen LogP contribution >= 0.6 is 15.9 Å². The van der Waals surface area contributed by atoms with Gasteiger partial charge < -0.3 is 0 Å². The van der Waals surface area contributed by atoms with Gasteiger partial charge in [-0.2, -0.15) is 0 Å². The van der Waals surface area contributed by atoms with Gasteiger partial charge in [0.05, 0.1) is 5.92 Å². The van der Waals surface area contributed by atoms with Crippen molar-refractivity contribution in [3.05, 3.63) is 69.7 Å². The summed E-state index contributed by atoms with van der Waals surface area (Å²) in [5.74, 6) is -0.650. The smallest absolute Gasteiger partial charge is 0.173 e. The highest BCUT2D eigenvalue weighted by Crippen LogP contribution is 2.28. The Balaban J connectivity index is 1.91. The van der Waals surface area contributed by atoms with Crippen LogP contribution in [0.4, 0.5) is 0 Å². The van der Waals surface area contributed by atoms with E-state index in [4.69, 9.17) is 0 Å². The molecule has 0 aliphatic heterocycles. The minimum absolute atomic E-state index is 0.0419. The molecular weight excluding hydrogens is 316 g/mol. The molecule has 100 valence electrons. The predicted octanol–water partition coefficient (Wildman–Crippen LogP) is 4.08. The Morgan fingerprint density at radius 2 is 1.75 bits per heavy atom. The van der Waals surface area contributed by atoms with Crippen LogP contribution in [0.1, 0.15) is 32.7 Å². The fraction of sp³-hybridized carbons (Fsp3) is 0.176. The molecule has 0 fully saturated rings. The van der Waals surface area contributed by atoms with Gasteiger partial charge in [-0.25, -0.2) is 0 Å². The van der Waals surface area contributed by atoms with E-state index in [1.165, 1.54) is 0 Å². The highest BCUT2D eigenvalue weighted by Gasteiger charge is 2.32. The number of ketones is 2. The summed E-state index contributed by atoms with van der Waals surface area (Å²) < 4.78 is 0.925. The molecular formula is C17H13BrO2. The van der Waals surface area contributed by atoms with Gasteiger partial charge in [-0.15, -0.1) is 0 Å². The average molecular weight is 329 g/mol. The Morgan fingerprint density at radius 1 is 1.05 bits per heavy atom. The summed E-state index contributed by atoms with van der Waals surface area (Å²) in [6, 6.07) is 14.8. The molecule has 1 unspecified atom stereocenters. The zero-order valence-electron chi connectivity index (χ0n) is 10.8. The van der Waals surface area contributed by atoms with Crippen LogP contribution in [-0.4, -0.2) is 11.6 Å². The third-order valence-corrected chi connectivity index (χ3v) is 4.28. The van der Waals surface area contributed by atoms with E-state index < -0.39 is 5.92 Å². The zero-order chi connectivity index (χ0) is 14.1. The van der Waals surface area contributed by atoms with Crippen LogP contribution < -0.4 is 0 Å². The monoisotopic (exact) mass is 328 g/mol. The van der Waals surface area contributed by atoms with Crippen molar-refractivity contribution in [1.82, 2.24) is 0 Å². The molecule has 0 N–H and O–H groups in total. The second kappa shape index (κ2) is 5.33. The van der Waals surface area contributed by atoms with Crippen molar-refractivity contribution < 1.29 is 9.59 Å². The lowest BCUT2D eigenvalue weighted by Crippen LogP contribution is -2.29. The number of halogens is 1. The SMILES string of the molecule is O=C(c1ccc(Br)cc1)C1CCc2ccccc2C1=O. The molecule has 20 heavy (non-hydrogen) atoms. The molecule has 0 saturated carbocycles. The molecule has 0 radical (unpaired) electrons. The summed E-state index contributed by atoms with van der Waals surface area (Å²) in [6.45, 7) is 0. The Bertz CT molecular complexity index is 674. The first-order valence-electron chi connectivity index (χ1n) is 6.59. The van der Waals surface area contributed by atoms with Crippen LogP contribution in [0.2, 0.25) is 0 Å². The van der Waals surface area contributed by atoms with Gasteiger partial charge in [-0.3, -0.25) is 9.59 Å². The van der Waals surface area contributed by atoms with Crippen molar-refractivity contribution in [3.8, 4) is 0 Å². The van der Waals surface area contributed by atoms with Crippen molar-refractivity contribution in [1.29, 1.82) is 0 Å². The normalized spacial score (nSPS) is 17.6. The summed E-state index contributed by atoms with van der Waals surface area (Å²) in [6.07, 6.45) is 1.39. The second-order valence-corrected chi connectivity index (χ2v) is 5.90. The van der Waals surface area contributed by atoms with Crippen molar-refractivity contribution >= 4 is 27.5 Å². The van der Waals surface area contributed by atoms with Crippen LogP contribution in [0, 0.1) is 5.92 Å². The number of Topliss-reactive ketones (excluding diaryl/α,β-unsaturated/α-hetero) is 2. The molecule has 0 heterocycles. The van der Waals surface area contributed by atoms with E-state index in [1.54, 1.807) is 12.1 Å². The van der Waals surface area contributed by atoms with Crippen LogP contribution in [0.5, 0.6) is 0 Å². The number of carbonyl (C=O) groups excluding carboxylic acids is 2. The first-order valence-corrected chi connectivity index (χ1v) is 7.38. The highest BCUT2D eigenvalue weighted by molar-refractivity contribution is 9.10. The van der Waals surface area contributed by atoms with E-state index in [0.717, 1.165) is 16.5 Å². The standard InChI is InChI=1S/C17H13BrO2/c18-13-8-5-12(6-9-13)16(19)15-10-7-11-3-1-2-4-14(11)17(15)20/h1-6,8-9,15H,7,10H2. The minimum Gasteiger partial charge on any atom is -0.293 e. The largest absolute Gasteiger partial charge is 0.293 e. The Hall–Kier alpha value is -1.74. The van der Waals surface area contributed by atoms with Gasteiger partial charge in [0, 0.05) is 15.6 Å². The number of fused-ring (bicyclic) bond motifs is 1. The molecule has 3 rings (SSSR count). The van der Waals surface area contributed by atoms with Crippen molar-refractivity contribution in [2.24, 2.45) is 5.92 Å². The number of benzene rings is 2. The van der Waals surface area contributed by atoms with Gasteiger partial charge in [0.25, 0.3) is 0 Å². The maximum atomic E-state index is 12.5. The van der Waals surface area contributed by atoms with Crippen LogP contribution in [0.3, 0.4) is 0 Å². The van der Waals surface area contributed by atoms with E-state index in [0.29, 0.717) is 17.5 Å². The van der Waals surface area contributed by atoms with Gasteiger partial charge in [-0.05, 0) is 30.5 Å². The summed E-state index contributed by atoms with van der Waals surface area (Å²) in [5, 5.41) is 0. The second-order valence-electron chi connectivity index (χ2n) is 4.98. The summed E-state index contributed by atoms with van der Waals surface area (Å²) in [7, 11) is 0. The van der Waals surface area contributed by atoms with Crippen LogP contribution in [-0.2, 0) is 6.42 Å². The molecule has 0 amide bonds. The van der Waals surface area contributed by atoms with E-state index in [2.05, 4.69) is 15.9 Å². The molecule has 1 aliphatic rings. The molecule has 0 aromatic heterocycles. The lowest BCUT2D eigenvalue weighted by Gasteiger charge is -2.22. The fourth-order valence-electron chi connectivity index (χ4n) is 2.66. The third-order valence-electron chi connectivity index (χ3n) is 3.75. The fourth-order valence-corrected chi connectivity index (χ4v) is 2.93. The number of hydrogen-bond acceptors (Lipinski definition) is 2. The zero-order valence-corrected chi connectivity index (χ0v) is 12.4. The topological polar surface area (TPSA) is 34.1 Å². The molecule has 3 heteroatoms. The molecule has 2 aromatic carbocycles. The predicted molar refractivity (Wildman–Crippen MR) is 81.1 cm³/mol. The maximum Gasteiger partial charge on any atom is 0.173 e. The summed E-state index contributed by atoms with van der Waals surface area (Å²) >= 11 is 3.35.